The molecular weight excluding hydrogens is 262 g/mol. The molecule has 18 heavy (non-hydrogen) atoms. The van der Waals surface area contributed by atoms with Gasteiger partial charge in [-0.2, -0.15) is 5.26 Å². The molecule has 3 nitrogen and oxygen atoms in total. The molecule has 92 valence electrons. The van der Waals surface area contributed by atoms with Crippen LogP contribution in [0.2, 0.25) is 0 Å². The van der Waals surface area contributed by atoms with E-state index in [9.17, 15) is 0 Å². The Kier molecular flexibility index (Phi) is 4.34. The van der Waals surface area contributed by atoms with E-state index < -0.39 is 0 Å². The molecule has 0 N–H and O–H groups in total. The minimum absolute atomic E-state index is 0.660. The van der Waals surface area contributed by atoms with Crippen LogP contribution in [0.3, 0.4) is 0 Å². The van der Waals surface area contributed by atoms with Crippen LogP contribution in [0.4, 0.5) is 5.69 Å². The third-order valence-electron chi connectivity index (χ3n) is 2.39. The number of rotatable bonds is 1. The summed E-state index contributed by atoms with van der Waals surface area (Å²) in [5, 5.41) is 11.9. The van der Waals surface area contributed by atoms with Crippen LogP contribution in [-0.4, -0.2) is 22.3 Å². The first-order valence-electron chi connectivity index (χ1n) is 5.45. The molecule has 0 atom stereocenters. The normalized spacial score (nSPS) is 15.5. The van der Waals surface area contributed by atoms with Crippen molar-refractivity contribution in [2.24, 2.45) is 4.99 Å². The third-order valence-corrected chi connectivity index (χ3v) is 4.25. The number of hydrogen-bond donors (Lipinski definition) is 0. The van der Waals surface area contributed by atoms with Gasteiger partial charge in [0.25, 0.3) is 0 Å². The van der Waals surface area contributed by atoms with Crippen LogP contribution in [0, 0.1) is 11.3 Å². The molecule has 5 heteroatoms. The van der Waals surface area contributed by atoms with E-state index in [2.05, 4.69) is 27.7 Å². The summed E-state index contributed by atoms with van der Waals surface area (Å²) in [5.74, 6) is 0. The van der Waals surface area contributed by atoms with Crippen LogP contribution in [0.5, 0.6) is 0 Å². The number of benzene rings is 1. The SMILES string of the molecule is CSC(=Nc1ccc(C#N)cc1)N1CC(C)=CS1. The lowest BCUT2D eigenvalue weighted by atomic mass is 10.2. The Hall–Kier alpha value is -1.38. The maximum absolute atomic E-state index is 8.75. The van der Waals surface area contributed by atoms with Gasteiger partial charge in [0.2, 0.25) is 0 Å². The average Bonchev–Trinajstić information content (AvgIpc) is 2.83. The molecule has 1 aliphatic rings. The fourth-order valence-electron chi connectivity index (χ4n) is 1.49. The van der Waals surface area contributed by atoms with Crippen molar-refractivity contribution in [3.63, 3.8) is 0 Å². The third kappa shape index (κ3) is 3.09. The first-order chi connectivity index (χ1) is 8.72. The Labute approximate surface area is 116 Å². The molecule has 1 aromatic rings. The molecule has 1 aromatic carbocycles. The Morgan fingerprint density at radius 1 is 1.44 bits per heavy atom. The maximum Gasteiger partial charge on any atom is 0.174 e. The van der Waals surface area contributed by atoms with Gasteiger partial charge in [0.1, 0.15) is 0 Å². The Bertz CT molecular complexity index is 526. The van der Waals surface area contributed by atoms with Gasteiger partial charge in [-0.15, -0.1) is 0 Å². The smallest absolute Gasteiger partial charge is 0.174 e. The lowest BCUT2D eigenvalue weighted by Crippen LogP contribution is -2.19. The number of thioether (sulfide) groups is 1. The molecule has 0 aliphatic carbocycles. The summed E-state index contributed by atoms with van der Waals surface area (Å²) < 4.78 is 2.16. The molecule has 0 amide bonds. The van der Waals surface area contributed by atoms with E-state index in [0.717, 1.165) is 17.4 Å². The van der Waals surface area contributed by atoms with Crippen molar-refractivity contribution in [2.75, 3.05) is 12.8 Å². The molecule has 0 bridgehead atoms. The number of aliphatic imine (C=N–C) groups is 1. The highest BCUT2D eigenvalue weighted by Crippen LogP contribution is 2.28. The molecule has 0 radical (unpaired) electrons. The van der Waals surface area contributed by atoms with Crippen LogP contribution < -0.4 is 0 Å². The Balaban J connectivity index is 2.16. The van der Waals surface area contributed by atoms with Crippen molar-refractivity contribution in [3.8, 4) is 6.07 Å². The molecule has 2 rings (SSSR count). The maximum atomic E-state index is 8.75. The Morgan fingerprint density at radius 3 is 2.67 bits per heavy atom. The van der Waals surface area contributed by atoms with Crippen LogP contribution in [0.1, 0.15) is 12.5 Å². The predicted molar refractivity (Wildman–Crippen MR) is 79.8 cm³/mol. The summed E-state index contributed by atoms with van der Waals surface area (Å²) in [6, 6.07) is 9.43. The molecule has 0 saturated heterocycles. The highest BCUT2D eigenvalue weighted by Gasteiger charge is 2.16. The van der Waals surface area contributed by atoms with Gasteiger partial charge in [-0.1, -0.05) is 11.8 Å². The molecular formula is C13H13N3S2. The van der Waals surface area contributed by atoms with Gasteiger partial charge in [0.05, 0.1) is 23.9 Å². The summed E-state index contributed by atoms with van der Waals surface area (Å²) >= 11 is 3.31. The van der Waals surface area contributed by atoms with E-state index in [1.165, 1.54) is 5.57 Å². The van der Waals surface area contributed by atoms with Gasteiger partial charge in [-0.3, -0.25) is 4.31 Å². The van der Waals surface area contributed by atoms with Crippen molar-refractivity contribution in [1.29, 1.82) is 5.26 Å². The second-order valence-electron chi connectivity index (χ2n) is 3.86. The van der Waals surface area contributed by atoms with Crippen LogP contribution in [0.15, 0.2) is 40.2 Å². The van der Waals surface area contributed by atoms with E-state index >= 15 is 0 Å². The summed E-state index contributed by atoms with van der Waals surface area (Å²) in [7, 11) is 0. The van der Waals surface area contributed by atoms with E-state index in [1.807, 2.05) is 18.4 Å². The fraction of sp³-hybridized carbons (Fsp3) is 0.231. The molecule has 0 aromatic heterocycles. The molecule has 0 saturated carbocycles. The largest absolute Gasteiger partial charge is 0.287 e. The van der Waals surface area contributed by atoms with Crippen molar-refractivity contribution >= 4 is 34.6 Å². The highest BCUT2D eigenvalue weighted by atomic mass is 32.2. The van der Waals surface area contributed by atoms with Crippen molar-refractivity contribution in [3.05, 3.63) is 40.8 Å². The highest BCUT2D eigenvalue weighted by molar-refractivity contribution is 8.15. The Morgan fingerprint density at radius 2 is 2.17 bits per heavy atom. The number of hydrogen-bond acceptors (Lipinski definition) is 4. The van der Waals surface area contributed by atoms with E-state index in [4.69, 9.17) is 5.26 Å². The van der Waals surface area contributed by atoms with E-state index in [1.54, 1.807) is 35.8 Å². The number of nitriles is 1. The van der Waals surface area contributed by atoms with Crippen LogP contribution >= 0.6 is 23.7 Å². The first-order valence-corrected chi connectivity index (χ1v) is 7.52. The van der Waals surface area contributed by atoms with Gasteiger partial charge in [-0.05, 0) is 60.4 Å². The average molecular weight is 275 g/mol. The summed E-state index contributed by atoms with van der Waals surface area (Å²) in [4.78, 5) is 4.61. The first kappa shape index (κ1) is 13.1. The van der Waals surface area contributed by atoms with Crippen LogP contribution in [0.25, 0.3) is 0 Å². The second-order valence-corrected chi connectivity index (χ2v) is 5.52. The van der Waals surface area contributed by atoms with Crippen LogP contribution in [-0.2, 0) is 0 Å². The standard InChI is InChI=1S/C13H13N3S2/c1-10-8-16(18-9-10)13(17-2)15-12-5-3-11(7-14)4-6-12/h3-6,9H,8H2,1-2H3. The minimum Gasteiger partial charge on any atom is -0.287 e. The van der Waals surface area contributed by atoms with Gasteiger partial charge in [0.15, 0.2) is 5.17 Å². The molecule has 0 unspecified atom stereocenters. The van der Waals surface area contributed by atoms with Gasteiger partial charge in [0, 0.05) is 0 Å². The van der Waals surface area contributed by atoms with Crippen molar-refractivity contribution < 1.29 is 0 Å². The molecule has 1 aliphatic heterocycles. The zero-order valence-corrected chi connectivity index (χ0v) is 11.9. The summed E-state index contributed by atoms with van der Waals surface area (Å²) in [6.45, 7) is 3.03. The summed E-state index contributed by atoms with van der Waals surface area (Å²) in [5.41, 5.74) is 2.89. The number of amidine groups is 1. The topological polar surface area (TPSA) is 39.4 Å². The quantitative estimate of drug-likeness (QED) is 0.444. The second kappa shape index (κ2) is 5.98. The molecule has 0 fully saturated rings. The summed E-state index contributed by atoms with van der Waals surface area (Å²) in [6.07, 6.45) is 2.02. The van der Waals surface area contributed by atoms with Gasteiger partial charge >= 0.3 is 0 Å². The minimum atomic E-state index is 0.660. The van der Waals surface area contributed by atoms with Crippen molar-refractivity contribution in [1.82, 2.24) is 4.31 Å². The lowest BCUT2D eigenvalue weighted by Gasteiger charge is -2.16. The predicted octanol–water partition coefficient (Wildman–Crippen LogP) is 3.78. The molecule has 1 heterocycles. The van der Waals surface area contributed by atoms with Gasteiger partial charge < -0.3 is 0 Å². The molecule has 0 spiro atoms. The zero-order valence-electron chi connectivity index (χ0n) is 10.3. The van der Waals surface area contributed by atoms with Gasteiger partial charge in [-0.25, -0.2) is 4.99 Å². The number of nitrogens with zero attached hydrogens (tertiary/aromatic N) is 3. The lowest BCUT2D eigenvalue weighted by molar-refractivity contribution is 0.766. The zero-order chi connectivity index (χ0) is 13.0. The van der Waals surface area contributed by atoms with E-state index in [0.29, 0.717) is 5.56 Å². The monoisotopic (exact) mass is 275 g/mol. The van der Waals surface area contributed by atoms with E-state index in [-0.39, 0.29) is 0 Å². The van der Waals surface area contributed by atoms with Crippen molar-refractivity contribution in [2.45, 2.75) is 6.92 Å². The fourth-order valence-corrected chi connectivity index (χ4v) is 3.10.